The van der Waals surface area contributed by atoms with E-state index in [0.717, 1.165) is 44.0 Å². The average Bonchev–Trinajstić information content (AvgIpc) is 2.64. The molecule has 0 unspecified atom stereocenters. The molecule has 1 amide bonds. The van der Waals surface area contributed by atoms with Crippen LogP contribution in [-0.4, -0.2) is 56.7 Å². The Morgan fingerprint density at radius 2 is 1.88 bits per heavy atom. The van der Waals surface area contributed by atoms with Crippen molar-refractivity contribution in [2.24, 2.45) is 5.92 Å². The SMILES string of the molecule is COc1ccccc1N1CCN(CC(=O)N[C@H]2CCCC[C@H]2C)CC1. The van der Waals surface area contributed by atoms with Crippen molar-refractivity contribution in [1.82, 2.24) is 10.2 Å². The zero-order chi connectivity index (χ0) is 17.6. The second-order valence-corrected chi connectivity index (χ2v) is 7.37. The van der Waals surface area contributed by atoms with Gasteiger partial charge >= 0.3 is 0 Å². The number of benzene rings is 1. The van der Waals surface area contributed by atoms with E-state index in [-0.39, 0.29) is 5.91 Å². The molecule has 1 aromatic rings. The van der Waals surface area contributed by atoms with Crippen molar-refractivity contribution in [1.29, 1.82) is 0 Å². The smallest absolute Gasteiger partial charge is 0.234 e. The molecule has 1 saturated heterocycles. The molecule has 0 spiro atoms. The monoisotopic (exact) mass is 345 g/mol. The molecule has 1 N–H and O–H groups in total. The third-order valence-corrected chi connectivity index (χ3v) is 5.62. The normalized spacial score (nSPS) is 24.8. The first kappa shape index (κ1) is 18.1. The predicted molar refractivity (Wildman–Crippen MR) is 101 cm³/mol. The number of carbonyl (C=O) groups excluding carboxylic acids is 1. The van der Waals surface area contributed by atoms with Crippen LogP contribution in [0.25, 0.3) is 0 Å². The maximum Gasteiger partial charge on any atom is 0.234 e. The van der Waals surface area contributed by atoms with Crippen molar-refractivity contribution in [3.05, 3.63) is 24.3 Å². The topological polar surface area (TPSA) is 44.8 Å². The summed E-state index contributed by atoms with van der Waals surface area (Å²) in [6.07, 6.45) is 4.92. The Bertz CT molecular complexity index is 570. The Kier molecular flexibility index (Phi) is 6.19. The Morgan fingerprint density at radius 1 is 1.16 bits per heavy atom. The van der Waals surface area contributed by atoms with Crippen LogP contribution in [0.5, 0.6) is 5.75 Å². The number of ether oxygens (including phenoxy) is 1. The molecular formula is C20H31N3O2. The summed E-state index contributed by atoms with van der Waals surface area (Å²) in [5.41, 5.74) is 1.14. The average molecular weight is 345 g/mol. The lowest BCUT2D eigenvalue weighted by atomic mass is 9.86. The third kappa shape index (κ3) is 4.66. The molecule has 3 rings (SSSR count). The van der Waals surface area contributed by atoms with Gasteiger partial charge in [-0.25, -0.2) is 0 Å². The lowest BCUT2D eigenvalue weighted by Gasteiger charge is -2.37. The van der Waals surface area contributed by atoms with Crippen LogP contribution in [0, 0.1) is 5.92 Å². The summed E-state index contributed by atoms with van der Waals surface area (Å²) in [5, 5.41) is 3.26. The molecule has 2 aliphatic rings. The van der Waals surface area contributed by atoms with Crippen molar-refractivity contribution in [3.63, 3.8) is 0 Å². The van der Waals surface area contributed by atoms with Crippen molar-refractivity contribution in [2.45, 2.75) is 38.6 Å². The maximum absolute atomic E-state index is 12.4. The van der Waals surface area contributed by atoms with Crippen LogP contribution in [-0.2, 0) is 4.79 Å². The molecule has 0 radical (unpaired) electrons. The molecule has 1 heterocycles. The van der Waals surface area contributed by atoms with Crippen molar-refractivity contribution in [3.8, 4) is 5.75 Å². The molecule has 1 aromatic carbocycles. The van der Waals surface area contributed by atoms with Crippen molar-refractivity contribution >= 4 is 11.6 Å². The van der Waals surface area contributed by atoms with Crippen LogP contribution < -0.4 is 15.0 Å². The number of para-hydroxylation sites is 2. The Morgan fingerprint density at radius 3 is 2.60 bits per heavy atom. The number of piperazine rings is 1. The van der Waals surface area contributed by atoms with Gasteiger partial charge in [0.25, 0.3) is 0 Å². The zero-order valence-electron chi connectivity index (χ0n) is 15.5. The fraction of sp³-hybridized carbons (Fsp3) is 0.650. The standard InChI is InChI=1S/C20H31N3O2/c1-16-7-3-4-8-17(16)21-20(24)15-22-11-13-23(14-12-22)18-9-5-6-10-19(18)25-2/h5-6,9-10,16-17H,3-4,7-8,11-15H2,1-2H3,(H,21,24)/t16-,17+/m1/s1. The van der Waals surface area contributed by atoms with Gasteiger partial charge in [0.15, 0.2) is 0 Å². The number of nitrogens with zero attached hydrogens (tertiary/aromatic N) is 2. The van der Waals surface area contributed by atoms with Gasteiger partial charge in [-0.1, -0.05) is 31.9 Å². The molecule has 138 valence electrons. The van der Waals surface area contributed by atoms with E-state index in [4.69, 9.17) is 4.74 Å². The molecule has 5 heteroatoms. The van der Waals surface area contributed by atoms with Crippen LogP contribution in [0.15, 0.2) is 24.3 Å². The van der Waals surface area contributed by atoms with Crippen molar-refractivity contribution < 1.29 is 9.53 Å². The highest BCUT2D eigenvalue weighted by molar-refractivity contribution is 5.78. The Balaban J connectivity index is 1.46. The molecule has 0 bridgehead atoms. The molecule has 1 aliphatic heterocycles. The number of carbonyl (C=O) groups is 1. The van der Waals surface area contributed by atoms with Crippen molar-refractivity contribution in [2.75, 3.05) is 44.7 Å². The predicted octanol–water partition coefficient (Wildman–Crippen LogP) is 2.51. The van der Waals surface area contributed by atoms with Gasteiger partial charge < -0.3 is 15.0 Å². The molecule has 0 aromatic heterocycles. The van der Waals surface area contributed by atoms with E-state index in [1.165, 1.54) is 19.3 Å². The van der Waals surface area contributed by atoms with Crippen LogP contribution in [0.2, 0.25) is 0 Å². The molecular weight excluding hydrogens is 314 g/mol. The number of hydrogen-bond acceptors (Lipinski definition) is 4. The van der Waals surface area contributed by atoms with Crippen LogP contribution in [0.4, 0.5) is 5.69 Å². The van der Waals surface area contributed by atoms with E-state index in [1.807, 2.05) is 18.2 Å². The quantitative estimate of drug-likeness (QED) is 0.891. The fourth-order valence-electron chi connectivity index (χ4n) is 4.02. The van der Waals surface area contributed by atoms with E-state index in [0.29, 0.717) is 18.5 Å². The summed E-state index contributed by atoms with van der Waals surface area (Å²) in [4.78, 5) is 17.0. The number of rotatable bonds is 5. The van der Waals surface area contributed by atoms with Gasteiger partial charge in [0.05, 0.1) is 19.3 Å². The highest BCUT2D eigenvalue weighted by Gasteiger charge is 2.25. The van der Waals surface area contributed by atoms with Crippen LogP contribution in [0.3, 0.4) is 0 Å². The highest BCUT2D eigenvalue weighted by Crippen LogP contribution is 2.28. The van der Waals surface area contributed by atoms with Gasteiger partial charge in [0.1, 0.15) is 5.75 Å². The second kappa shape index (κ2) is 8.56. The van der Waals surface area contributed by atoms with Gasteiger partial charge in [-0.2, -0.15) is 0 Å². The number of anilines is 1. The second-order valence-electron chi connectivity index (χ2n) is 7.37. The van der Waals surface area contributed by atoms with Gasteiger partial charge in [-0.15, -0.1) is 0 Å². The summed E-state index contributed by atoms with van der Waals surface area (Å²) in [5.74, 6) is 1.71. The van der Waals surface area contributed by atoms with E-state index in [1.54, 1.807) is 7.11 Å². The van der Waals surface area contributed by atoms with E-state index < -0.39 is 0 Å². The minimum atomic E-state index is 0.185. The summed E-state index contributed by atoms with van der Waals surface area (Å²) < 4.78 is 5.47. The fourth-order valence-corrected chi connectivity index (χ4v) is 4.02. The third-order valence-electron chi connectivity index (χ3n) is 5.62. The number of amides is 1. The molecule has 1 aliphatic carbocycles. The molecule has 5 nitrogen and oxygen atoms in total. The Hall–Kier alpha value is -1.75. The summed E-state index contributed by atoms with van der Waals surface area (Å²) in [6.45, 7) is 6.44. The van der Waals surface area contributed by atoms with Gasteiger partial charge in [-0.05, 0) is 30.9 Å². The first-order valence-corrected chi connectivity index (χ1v) is 9.57. The van der Waals surface area contributed by atoms with E-state index in [9.17, 15) is 4.79 Å². The summed E-state index contributed by atoms with van der Waals surface area (Å²) in [7, 11) is 1.71. The molecule has 2 atom stereocenters. The highest BCUT2D eigenvalue weighted by atomic mass is 16.5. The van der Waals surface area contributed by atoms with E-state index >= 15 is 0 Å². The van der Waals surface area contributed by atoms with Crippen LogP contribution in [0.1, 0.15) is 32.6 Å². The summed E-state index contributed by atoms with van der Waals surface area (Å²) in [6, 6.07) is 8.51. The summed E-state index contributed by atoms with van der Waals surface area (Å²) >= 11 is 0. The molecule has 25 heavy (non-hydrogen) atoms. The van der Waals surface area contributed by atoms with Gasteiger partial charge in [0, 0.05) is 32.2 Å². The minimum Gasteiger partial charge on any atom is -0.495 e. The maximum atomic E-state index is 12.4. The van der Waals surface area contributed by atoms with Gasteiger partial charge in [-0.3, -0.25) is 9.69 Å². The number of methoxy groups -OCH3 is 1. The van der Waals surface area contributed by atoms with Gasteiger partial charge in [0.2, 0.25) is 5.91 Å². The lowest BCUT2D eigenvalue weighted by Crippen LogP contribution is -2.51. The minimum absolute atomic E-state index is 0.185. The lowest BCUT2D eigenvalue weighted by molar-refractivity contribution is -0.123. The molecule has 1 saturated carbocycles. The van der Waals surface area contributed by atoms with E-state index in [2.05, 4.69) is 28.1 Å². The van der Waals surface area contributed by atoms with Crippen LogP contribution >= 0.6 is 0 Å². The first-order valence-electron chi connectivity index (χ1n) is 9.57. The molecule has 2 fully saturated rings. The Labute approximate surface area is 151 Å². The number of nitrogens with one attached hydrogen (secondary N) is 1. The zero-order valence-corrected chi connectivity index (χ0v) is 15.5. The number of hydrogen-bond donors (Lipinski definition) is 1. The largest absolute Gasteiger partial charge is 0.495 e. The first-order chi connectivity index (χ1) is 12.2.